The minimum absolute atomic E-state index is 0.0558. The molecule has 0 spiro atoms. The normalized spacial score (nSPS) is 23.3. The van der Waals surface area contributed by atoms with Crippen LogP contribution >= 0.6 is 23.2 Å². The van der Waals surface area contributed by atoms with Crippen molar-refractivity contribution in [2.24, 2.45) is 0 Å². The molecule has 0 saturated carbocycles. The standard InChI is InChI=1S/C21H36Cl2N4O2SeSi2/c1-20(2,3)31(7,8)28-13-11-30-18(15(13)29-32(9,10)21(4,5)6)27-12-24-14-16(22)25-19(23)26-17(14)27/h12-13,15,18H,11H2,1-10H3. The summed E-state index contributed by atoms with van der Waals surface area (Å²) in [4.78, 5) is 13.1. The molecule has 3 atom stereocenters. The second-order valence-corrected chi connectivity index (χ2v) is 24.2. The topological polar surface area (TPSA) is 62.1 Å². The molecule has 32 heavy (non-hydrogen) atoms. The summed E-state index contributed by atoms with van der Waals surface area (Å²) in [5.74, 6) is 0. The third-order valence-electron chi connectivity index (χ3n) is 7.19. The van der Waals surface area contributed by atoms with E-state index in [1.807, 2.05) is 6.33 Å². The summed E-state index contributed by atoms with van der Waals surface area (Å²) >= 11 is 12.7. The van der Waals surface area contributed by atoms with Gasteiger partial charge in [-0.15, -0.1) is 0 Å². The van der Waals surface area contributed by atoms with E-state index in [1.54, 1.807) is 0 Å². The zero-order chi connectivity index (χ0) is 24.3. The van der Waals surface area contributed by atoms with E-state index < -0.39 is 16.6 Å². The molecule has 3 unspecified atom stereocenters. The maximum absolute atomic E-state index is 7.07. The molecule has 1 fully saturated rings. The van der Waals surface area contributed by atoms with E-state index in [4.69, 9.17) is 32.1 Å². The summed E-state index contributed by atoms with van der Waals surface area (Å²) in [6.45, 7) is 22.9. The molecule has 2 aromatic rings. The molecular weight excluding hydrogens is 546 g/mol. The summed E-state index contributed by atoms with van der Waals surface area (Å²) < 4.78 is 16.1. The van der Waals surface area contributed by atoms with E-state index >= 15 is 0 Å². The van der Waals surface area contributed by atoms with E-state index in [0.717, 1.165) is 5.32 Å². The summed E-state index contributed by atoms with van der Waals surface area (Å²) in [6, 6.07) is 0. The Labute approximate surface area is 210 Å². The fourth-order valence-corrected chi connectivity index (χ4v) is 9.61. The van der Waals surface area contributed by atoms with Crippen LogP contribution in [0.3, 0.4) is 0 Å². The molecule has 180 valence electrons. The molecule has 1 saturated heterocycles. The van der Waals surface area contributed by atoms with Crippen LogP contribution in [0.4, 0.5) is 0 Å². The Hall–Kier alpha value is 0.00325. The second-order valence-electron chi connectivity index (χ2n) is 11.6. The molecule has 2 aromatic heterocycles. The Balaban J connectivity index is 2.04. The number of nitrogens with zero attached hydrogens (tertiary/aromatic N) is 4. The van der Waals surface area contributed by atoms with Crippen molar-refractivity contribution in [2.75, 3.05) is 0 Å². The van der Waals surface area contributed by atoms with Crippen LogP contribution in [0.15, 0.2) is 6.33 Å². The first kappa shape index (κ1) is 26.6. The second kappa shape index (κ2) is 8.90. The van der Waals surface area contributed by atoms with Crippen LogP contribution in [-0.4, -0.2) is 63.3 Å². The Kier molecular flexibility index (Phi) is 7.40. The number of halogens is 2. The first-order chi connectivity index (χ1) is 14.4. The number of rotatable bonds is 5. The molecule has 3 rings (SSSR count). The van der Waals surface area contributed by atoms with Gasteiger partial charge in [-0.05, 0) is 0 Å². The Morgan fingerprint density at radius 2 is 1.53 bits per heavy atom. The zero-order valence-electron chi connectivity index (χ0n) is 20.8. The van der Waals surface area contributed by atoms with Crippen molar-refractivity contribution >= 4 is 66.0 Å². The summed E-state index contributed by atoms with van der Waals surface area (Å²) in [7, 11) is -4.02. The van der Waals surface area contributed by atoms with Gasteiger partial charge in [0.25, 0.3) is 0 Å². The Morgan fingerprint density at radius 3 is 2.09 bits per heavy atom. The number of imidazole rings is 1. The Morgan fingerprint density at radius 1 is 0.969 bits per heavy atom. The summed E-state index contributed by atoms with van der Waals surface area (Å²) in [5.41, 5.74) is 1.24. The van der Waals surface area contributed by atoms with Crippen molar-refractivity contribution in [1.29, 1.82) is 0 Å². The first-order valence-electron chi connectivity index (χ1n) is 11.0. The van der Waals surface area contributed by atoms with Gasteiger partial charge in [0.1, 0.15) is 0 Å². The van der Waals surface area contributed by atoms with Crippen LogP contribution in [0.25, 0.3) is 11.2 Å². The third-order valence-corrected chi connectivity index (χ3v) is 19.5. The number of aromatic nitrogens is 4. The maximum atomic E-state index is 7.07. The van der Waals surface area contributed by atoms with Crippen LogP contribution in [0, 0.1) is 0 Å². The van der Waals surface area contributed by atoms with Crippen molar-refractivity contribution in [3.63, 3.8) is 0 Å². The van der Waals surface area contributed by atoms with E-state index in [1.165, 1.54) is 0 Å². The molecule has 0 amide bonds. The van der Waals surface area contributed by atoms with E-state index in [9.17, 15) is 0 Å². The molecule has 3 heterocycles. The Bertz CT molecular complexity index is 989. The molecule has 11 heteroatoms. The van der Waals surface area contributed by atoms with Gasteiger partial charge in [-0.2, -0.15) is 0 Å². The van der Waals surface area contributed by atoms with Crippen molar-refractivity contribution in [1.82, 2.24) is 19.5 Å². The first-order valence-corrected chi connectivity index (χ1v) is 19.7. The monoisotopic (exact) mass is 582 g/mol. The SMILES string of the molecule is CC(C)(C)[Si](C)(C)OC1C[Se]C(n2cnc3c(Cl)nc(Cl)nc32)C1O[Si](C)(C)C(C)(C)C. The molecule has 0 aliphatic carbocycles. The van der Waals surface area contributed by atoms with E-state index in [2.05, 4.69) is 87.2 Å². The van der Waals surface area contributed by atoms with Crippen molar-refractivity contribution in [3.8, 4) is 0 Å². The van der Waals surface area contributed by atoms with Crippen LogP contribution in [-0.2, 0) is 8.85 Å². The molecule has 1 aliphatic heterocycles. The number of hydrogen-bond donors (Lipinski definition) is 0. The quantitative estimate of drug-likeness (QED) is 0.227. The molecule has 0 bridgehead atoms. The van der Waals surface area contributed by atoms with Gasteiger partial charge in [-0.1, -0.05) is 0 Å². The molecule has 6 nitrogen and oxygen atoms in total. The van der Waals surface area contributed by atoms with Crippen LogP contribution in [0.2, 0.25) is 52.0 Å². The molecular formula is C21H36Cl2N4O2SeSi2. The van der Waals surface area contributed by atoms with Gasteiger partial charge < -0.3 is 0 Å². The predicted molar refractivity (Wildman–Crippen MR) is 139 cm³/mol. The molecule has 1 aliphatic rings. The van der Waals surface area contributed by atoms with Gasteiger partial charge in [0.05, 0.1) is 0 Å². The van der Waals surface area contributed by atoms with Gasteiger partial charge in [-0.25, -0.2) is 0 Å². The number of hydrogen-bond acceptors (Lipinski definition) is 5. The minimum atomic E-state index is -2.05. The predicted octanol–water partition coefficient (Wildman–Crippen LogP) is 6.55. The average molecular weight is 583 g/mol. The van der Waals surface area contributed by atoms with Gasteiger partial charge in [-0.3, -0.25) is 0 Å². The number of fused-ring (bicyclic) bond motifs is 1. The van der Waals surface area contributed by atoms with Gasteiger partial charge in [0.15, 0.2) is 0 Å². The van der Waals surface area contributed by atoms with Gasteiger partial charge in [0.2, 0.25) is 0 Å². The average Bonchev–Trinajstić information content (AvgIpc) is 3.17. The molecule has 0 radical (unpaired) electrons. The van der Waals surface area contributed by atoms with Gasteiger partial charge in [0, 0.05) is 0 Å². The van der Waals surface area contributed by atoms with Crippen molar-refractivity contribution < 1.29 is 8.85 Å². The fraction of sp³-hybridized carbons (Fsp3) is 0.762. The van der Waals surface area contributed by atoms with Crippen LogP contribution < -0.4 is 0 Å². The zero-order valence-corrected chi connectivity index (χ0v) is 26.0. The summed E-state index contributed by atoms with van der Waals surface area (Å²) in [5, 5.41) is 1.64. The van der Waals surface area contributed by atoms with E-state index in [-0.39, 0.29) is 52.6 Å². The third kappa shape index (κ3) is 5.15. The summed E-state index contributed by atoms with van der Waals surface area (Å²) in [6.07, 6.45) is 1.81. The van der Waals surface area contributed by atoms with Crippen LogP contribution in [0.5, 0.6) is 0 Å². The van der Waals surface area contributed by atoms with Gasteiger partial charge >= 0.3 is 211 Å². The molecule has 0 N–H and O–H groups in total. The van der Waals surface area contributed by atoms with Crippen LogP contribution in [0.1, 0.15) is 46.5 Å². The van der Waals surface area contributed by atoms with Crippen molar-refractivity contribution in [2.45, 2.75) is 100 Å². The fourth-order valence-electron chi connectivity index (χ4n) is 3.16. The van der Waals surface area contributed by atoms with E-state index in [0.29, 0.717) is 11.2 Å². The van der Waals surface area contributed by atoms with Crippen molar-refractivity contribution in [3.05, 3.63) is 16.8 Å². The molecule has 0 aromatic carbocycles.